The smallest absolute Gasteiger partial charge is 0.0713 e. The summed E-state index contributed by atoms with van der Waals surface area (Å²) in [7, 11) is 1.73. The van der Waals surface area contributed by atoms with Gasteiger partial charge >= 0.3 is 0 Å². The van der Waals surface area contributed by atoms with Gasteiger partial charge in [-0.25, -0.2) is 0 Å². The van der Waals surface area contributed by atoms with Crippen LogP contribution in [0.4, 0.5) is 0 Å². The van der Waals surface area contributed by atoms with Gasteiger partial charge in [-0.15, -0.1) is 0 Å². The van der Waals surface area contributed by atoms with Gasteiger partial charge in [-0.3, -0.25) is 0 Å². The molecule has 1 N–H and O–H groups in total. The highest BCUT2D eigenvalue weighted by atomic mass is 16.5. The van der Waals surface area contributed by atoms with Crippen molar-refractivity contribution in [2.24, 2.45) is 0 Å². The van der Waals surface area contributed by atoms with Gasteiger partial charge in [0.1, 0.15) is 0 Å². The highest BCUT2D eigenvalue weighted by molar-refractivity contribution is 5.24. The number of ether oxygens (including phenoxy) is 1. The maximum atomic E-state index is 5.18. The van der Waals surface area contributed by atoms with Crippen molar-refractivity contribution >= 4 is 0 Å². The first-order valence-electron chi connectivity index (χ1n) is 7.18. The standard InChI is InChI=1S/C18H23NO/c1-3-18(17-10-5-4-6-11-17)19-13-15-8-7-9-16(12-15)14-20-2/h4-12,18-19H,3,13-14H2,1-2H3. The fourth-order valence-corrected chi connectivity index (χ4v) is 2.42. The molecule has 2 aromatic carbocycles. The van der Waals surface area contributed by atoms with E-state index in [0.29, 0.717) is 12.6 Å². The van der Waals surface area contributed by atoms with Crippen LogP contribution in [0.3, 0.4) is 0 Å². The lowest BCUT2D eigenvalue weighted by Crippen LogP contribution is -2.20. The van der Waals surface area contributed by atoms with E-state index in [1.165, 1.54) is 16.7 Å². The molecule has 0 aromatic heterocycles. The van der Waals surface area contributed by atoms with E-state index in [1.54, 1.807) is 7.11 Å². The Balaban J connectivity index is 1.98. The first kappa shape index (κ1) is 14.8. The van der Waals surface area contributed by atoms with Crippen molar-refractivity contribution in [2.45, 2.75) is 32.5 Å². The molecule has 0 bridgehead atoms. The van der Waals surface area contributed by atoms with E-state index in [1.807, 2.05) is 0 Å². The third-order valence-electron chi connectivity index (χ3n) is 3.47. The molecule has 1 unspecified atom stereocenters. The van der Waals surface area contributed by atoms with Crippen molar-refractivity contribution in [2.75, 3.05) is 7.11 Å². The molecule has 0 aliphatic rings. The van der Waals surface area contributed by atoms with Gasteiger partial charge < -0.3 is 10.1 Å². The molecule has 2 rings (SSSR count). The summed E-state index contributed by atoms with van der Waals surface area (Å²) in [4.78, 5) is 0. The van der Waals surface area contributed by atoms with Crippen LogP contribution in [0.5, 0.6) is 0 Å². The van der Waals surface area contributed by atoms with Gasteiger partial charge in [0.15, 0.2) is 0 Å². The molecule has 2 aromatic rings. The van der Waals surface area contributed by atoms with Gasteiger partial charge in [0.05, 0.1) is 6.61 Å². The van der Waals surface area contributed by atoms with E-state index >= 15 is 0 Å². The van der Waals surface area contributed by atoms with E-state index in [-0.39, 0.29) is 0 Å². The highest BCUT2D eigenvalue weighted by Crippen LogP contribution is 2.17. The summed E-state index contributed by atoms with van der Waals surface area (Å²) in [6.45, 7) is 3.76. The van der Waals surface area contributed by atoms with Crippen molar-refractivity contribution < 1.29 is 4.74 Å². The zero-order chi connectivity index (χ0) is 14.2. The maximum absolute atomic E-state index is 5.18. The zero-order valence-corrected chi connectivity index (χ0v) is 12.3. The van der Waals surface area contributed by atoms with Gasteiger partial charge in [-0.1, -0.05) is 61.5 Å². The molecule has 0 aliphatic heterocycles. The summed E-state index contributed by atoms with van der Waals surface area (Å²) in [5.74, 6) is 0. The minimum Gasteiger partial charge on any atom is -0.380 e. The van der Waals surface area contributed by atoms with Crippen molar-refractivity contribution in [3.05, 3.63) is 71.3 Å². The minimum absolute atomic E-state index is 0.405. The average Bonchev–Trinajstić information content (AvgIpc) is 2.50. The molecule has 0 fully saturated rings. The molecular formula is C18H23NO. The Morgan fingerprint density at radius 1 is 1.00 bits per heavy atom. The summed E-state index contributed by atoms with van der Waals surface area (Å²) >= 11 is 0. The minimum atomic E-state index is 0.405. The quantitative estimate of drug-likeness (QED) is 0.818. The lowest BCUT2D eigenvalue weighted by molar-refractivity contribution is 0.185. The topological polar surface area (TPSA) is 21.3 Å². The summed E-state index contributed by atoms with van der Waals surface area (Å²) in [5.41, 5.74) is 3.87. The molecule has 0 heterocycles. The van der Waals surface area contributed by atoms with Crippen LogP contribution in [0.1, 0.15) is 36.1 Å². The predicted octanol–water partition coefficient (Wildman–Crippen LogP) is 4.07. The molecule has 2 nitrogen and oxygen atoms in total. The number of rotatable bonds is 7. The van der Waals surface area contributed by atoms with Crippen LogP contribution in [0.2, 0.25) is 0 Å². The Morgan fingerprint density at radius 2 is 1.75 bits per heavy atom. The third-order valence-corrected chi connectivity index (χ3v) is 3.47. The van der Waals surface area contributed by atoms with Crippen molar-refractivity contribution in [1.82, 2.24) is 5.32 Å². The van der Waals surface area contributed by atoms with Crippen LogP contribution in [0.15, 0.2) is 54.6 Å². The van der Waals surface area contributed by atoms with Crippen LogP contribution < -0.4 is 5.32 Å². The fourth-order valence-electron chi connectivity index (χ4n) is 2.42. The Morgan fingerprint density at radius 3 is 2.45 bits per heavy atom. The molecule has 1 atom stereocenters. The fraction of sp³-hybridized carbons (Fsp3) is 0.333. The lowest BCUT2D eigenvalue weighted by Gasteiger charge is -2.17. The molecule has 0 radical (unpaired) electrons. The summed E-state index contributed by atoms with van der Waals surface area (Å²) in [6.07, 6.45) is 1.09. The van der Waals surface area contributed by atoms with Crippen molar-refractivity contribution in [3.8, 4) is 0 Å². The maximum Gasteiger partial charge on any atom is 0.0713 e. The largest absolute Gasteiger partial charge is 0.380 e. The normalized spacial score (nSPS) is 12.3. The molecule has 2 heteroatoms. The Bertz CT molecular complexity index is 510. The van der Waals surface area contributed by atoms with Crippen LogP contribution in [0, 0.1) is 0 Å². The number of nitrogens with one attached hydrogen (secondary N) is 1. The van der Waals surface area contributed by atoms with E-state index in [2.05, 4.69) is 66.8 Å². The van der Waals surface area contributed by atoms with Gasteiger partial charge in [0, 0.05) is 19.7 Å². The molecule has 0 spiro atoms. The molecule has 0 aliphatic carbocycles. The summed E-state index contributed by atoms with van der Waals surface area (Å²) in [5, 5.41) is 3.63. The zero-order valence-electron chi connectivity index (χ0n) is 12.3. The van der Waals surface area contributed by atoms with Crippen LogP contribution in [-0.2, 0) is 17.9 Å². The van der Waals surface area contributed by atoms with E-state index in [4.69, 9.17) is 4.74 Å². The second kappa shape index (κ2) is 7.83. The molecule has 0 amide bonds. The number of hydrogen-bond donors (Lipinski definition) is 1. The molecule has 0 saturated carbocycles. The van der Waals surface area contributed by atoms with E-state index < -0.39 is 0 Å². The number of benzene rings is 2. The molecular weight excluding hydrogens is 246 g/mol. The molecule has 106 valence electrons. The van der Waals surface area contributed by atoms with Gasteiger partial charge in [-0.2, -0.15) is 0 Å². The Kier molecular flexibility index (Phi) is 5.78. The Labute approximate surface area is 121 Å². The monoisotopic (exact) mass is 269 g/mol. The van der Waals surface area contributed by atoms with Crippen LogP contribution in [0.25, 0.3) is 0 Å². The second-order valence-electron chi connectivity index (χ2n) is 5.01. The summed E-state index contributed by atoms with van der Waals surface area (Å²) in [6, 6.07) is 19.6. The van der Waals surface area contributed by atoms with E-state index in [0.717, 1.165) is 13.0 Å². The highest BCUT2D eigenvalue weighted by Gasteiger charge is 2.07. The van der Waals surface area contributed by atoms with E-state index in [9.17, 15) is 0 Å². The van der Waals surface area contributed by atoms with Gasteiger partial charge in [-0.05, 0) is 23.1 Å². The van der Waals surface area contributed by atoms with Crippen LogP contribution >= 0.6 is 0 Å². The summed E-state index contributed by atoms with van der Waals surface area (Å²) < 4.78 is 5.18. The van der Waals surface area contributed by atoms with Crippen molar-refractivity contribution in [1.29, 1.82) is 0 Å². The number of methoxy groups -OCH3 is 1. The first-order valence-corrected chi connectivity index (χ1v) is 7.18. The second-order valence-corrected chi connectivity index (χ2v) is 5.01. The van der Waals surface area contributed by atoms with Gasteiger partial charge in [0.25, 0.3) is 0 Å². The number of hydrogen-bond acceptors (Lipinski definition) is 2. The molecule has 20 heavy (non-hydrogen) atoms. The van der Waals surface area contributed by atoms with Crippen LogP contribution in [-0.4, -0.2) is 7.11 Å². The molecule has 0 saturated heterocycles. The average molecular weight is 269 g/mol. The SMILES string of the molecule is CCC(NCc1cccc(COC)c1)c1ccccc1. The Hall–Kier alpha value is -1.64. The van der Waals surface area contributed by atoms with Crippen molar-refractivity contribution in [3.63, 3.8) is 0 Å². The van der Waals surface area contributed by atoms with Gasteiger partial charge in [0.2, 0.25) is 0 Å². The third kappa shape index (κ3) is 4.19. The lowest BCUT2D eigenvalue weighted by atomic mass is 10.0. The predicted molar refractivity (Wildman–Crippen MR) is 83.5 cm³/mol. The first-order chi connectivity index (χ1) is 9.83.